The Hall–Kier alpha value is -2.82. The minimum absolute atomic E-state index is 0.00816. The normalized spacial score (nSPS) is 18.9. The monoisotopic (exact) mass is 393 g/mol. The highest BCUT2D eigenvalue weighted by atomic mass is 16.2. The summed E-state index contributed by atoms with van der Waals surface area (Å²) in [5.41, 5.74) is 1.32. The Morgan fingerprint density at radius 3 is 2.41 bits per heavy atom. The van der Waals surface area contributed by atoms with E-state index in [-0.39, 0.29) is 11.8 Å². The molecule has 0 unspecified atom stereocenters. The van der Waals surface area contributed by atoms with E-state index in [1.807, 2.05) is 60.4 Å². The summed E-state index contributed by atoms with van der Waals surface area (Å²) in [6.07, 6.45) is 2.53. The molecular weight excluding hydrogens is 362 g/mol. The highest BCUT2D eigenvalue weighted by Gasteiger charge is 2.39. The second-order valence-corrected chi connectivity index (χ2v) is 8.12. The fraction of sp³-hybridized carbons (Fsp3) is 0.417. The molecule has 5 heteroatoms. The summed E-state index contributed by atoms with van der Waals surface area (Å²) in [6.45, 7) is 4.66. The SMILES string of the molecule is CN(CCCNC(=O)[C@@]1(C)CCCN(C(=O)c2ccccc2)C1)c1ccccc1. The number of para-hydroxylation sites is 1. The minimum Gasteiger partial charge on any atom is -0.375 e. The summed E-state index contributed by atoms with van der Waals surface area (Å²) in [6, 6.07) is 19.5. The molecule has 1 atom stereocenters. The van der Waals surface area contributed by atoms with Crippen LogP contribution in [-0.2, 0) is 4.79 Å². The van der Waals surface area contributed by atoms with E-state index in [0.29, 0.717) is 25.2 Å². The predicted molar refractivity (Wildman–Crippen MR) is 117 cm³/mol. The molecule has 1 aliphatic rings. The summed E-state index contributed by atoms with van der Waals surface area (Å²) < 4.78 is 0. The van der Waals surface area contributed by atoms with Gasteiger partial charge in [0.15, 0.2) is 0 Å². The topological polar surface area (TPSA) is 52.7 Å². The first-order valence-corrected chi connectivity index (χ1v) is 10.4. The second-order valence-electron chi connectivity index (χ2n) is 8.12. The van der Waals surface area contributed by atoms with E-state index >= 15 is 0 Å². The summed E-state index contributed by atoms with van der Waals surface area (Å²) in [5.74, 6) is 0.0548. The van der Waals surface area contributed by atoms with Crippen molar-refractivity contribution in [1.82, 2.24) is 10.2 Å². The van der Waals surface area contributed by atoms with E-state index < -0.39 is 5.41 Å². The van der Waals surface area contributed by atoms with Crippen LogP contribution in [0.4, 0.5) is 5.69 Å². The van der Waals surface area contributed by atoms with Gasteiger partial charge in [0.05, 0.1) is 5.41 Å². The molecule has 1 aliphatic heterocycles. The molecule has 1 fully saturated rings. The Labute approximate surface area is 173 Å². The van der Waals surface area contributed by atoms with E-state index in [4.69, 9.17) is 0 Å². The third kappa shape index (κ3) is 5.37. The fourth-order valence-corrected chi connectivity index (χ4v) is 3.90. The summed E-state index contributed by atoms with van der Waals surface area (Å²) in [7, 11) is 2.06. The van der Waals surface area contributed by atoms with Gasteiger partial charge in [0.25, 0.3) is 5.91 Å². The lowest BCUT2D eigenvalue weighted by Gasteiger charge is -2.39. The first-order valence-electron chi connectivity index (χ1n) is 10.4. The average Bonchev–Trinajstić information content (AvgIpc) is 2.77. The molecule has 3 rings (SSSR count). The van der Waals surface area contributed by atoms with E-state index in [1.54, 1.807) is 0 Å². The number of amides is 2. The molecule has 0 bridgehead atoms. The third-order valence-electron chi connectivity index (χ3n) is 5.71. The van der Waals surface area contributed by atoms with Crippen LogP contribution in [0.1, 0.15) is 36.5 Å². The number of nitrogens with zero attached hydrogens (tertiary/aromatic N) is 2. The molecule has 0 aromatic heterocycles. The van der Waals surface area contributed by atoms with Crippen molar-refractivity contribution >= 4 is 17.5 Å². The van der Waals surface area contributed by atoms with Crippen molar-refractivity contribution in [2.75, 3.05) is 38.1 Å². The molecule has 5 nitrogen and oxygen atoms in total. The Morgan fingerprint density at radius 1 is 1.07 bits per heavy atom. The van der Waals surface area contributed by atoms with Gasteiger partial charge in [-0.25, -0.2) is 0 Å². The van der Waals surface area contributed by atoms with Crippen molar-refractivity contribution in [3.8, 4) is 0 Å². The minimum atomic E-state index is -0.534. The molecule has 1 saturated heterocycles. The van der Waals surface area contributed by atoms with Crippen molar-refractivity contribution in [3.05, 3.63) is 66.2 Å². The number of rotatable bonds is 7. The lowest BCUT2D eigenvalue weighted by molar-refractivity contribution is -0.132. The molecule has 154 valence electrons. The van der Waals surface area contributed by atoms with Crippen LogP contribution in [0.25, 0.3) is 0 Å². The van der Waals surface area contributed by atoms with Gasteiger partial charge in [-0.2, -0.15) is 0 Å². The number of likely N-dealkylation sites (tertiary alicyclic amines) is 1. The quantitative estimate of drug-likeness (QED) is 0.732. The van der Waals surface area contributed by atoms with Crippen LogP contribution in [0.15, 0.2) is 60.7 Å². The van der Waals surface area contributed by atoms with E-state index in [0.717, 1.165) is 25.8 Å². The second kappa shape index (κ2) is 9.59. The fourth-order valence-electron chi connectivity index (χ4n) is 3.90. The van der Waals surface area contributed by atoms with Crippen LogP contribution < -0.4 is 10.2 Å². The summed E-state index contributed by atoms with van der Waals surface area (Å²) >= 11 is 0. The Bertz CT molecular complexity index is 809. The standard InChI is InChI=1S/C24H31N3O2/c1-24(15-9-18-27(19-24)22(28)20-11-5-3-6-12-20)23(29)25-16-10-17-26(2)21-13-7-4-8-14-21/h3-8,11-14H,9-10,15-19H2,1-2H3,(H,25,29)/t24-/m0/s1. The molecule has 1 heterocycles. The maximum Gasteiger partial charge on any atom is 0.253 e. The van der Waals surface area contributed by atoms with Gasteiger partial charge >= 0.3 is 0 Å². The number of hydrogen-bond donors (Lipinski definition) is 1. The number of carbonyl (C=O) groups excluding carboxylic acids is 2. The molecule has 2 amide bonds. The van der Waals surface area contributed by atoms with E-state index in [9.17, 15) is 9.59 Å². The molecule has 2 aromatic carbocycles. The Balaban J connectivity index is 1.48. The summed E-state index contributed by atoms with van der Waals surface area (Å²) in [5, 5.41) is 3.10. The van der Waals surface area contributed by atoms with Gasteiger partial charge in [-0.1, -0.05) is 36.4 Å². The largest absolute Gasteiger partial charge is 0.375 e. The van der Waals surface area contributed by atoms with Crippen LogP contribution in [-0.4, -0.2) is 49.9 Å². The Kier molecular flexibility index (Phi) is 6.91. The molecule has 2 aromatic rings. The molecule has 0 spiro atoms. The van der Waals surface area contributed by atoms with Gasteiger partial charge in [-0.15, -0.1) is 0 Å². The highest BCUT2D eigenvalue weighted by molar-refractivity contribution is 5.95. The maximum atomic E-state index is 12.9. The number of piperidine rings is 1. The van der Waals surface area contributed by atoms with Crippen molar-refractivity contribution in [2.24, 2.45) is 5.41 Å². The lowest BCUT2D eigenvalue weighted by atomic mass is 9.80. The molecule has 1 N–H and O–H groups in total. The maximum absolute atomic E-state index is 12.9. The lowest BCUT2D eigenvalue weighted by Crippen LogP contribution is -2.52. The molecule has 0 aliphatic carbocycles. The average molecular weight is 394 g/mol. The van der Waals surface area contributed by atoms with Gasteiger partial charge in [0.1, 0.15) is 0 Å². The van der Waals surface area contributed by atoms with Gasteiger partial charge < -0.3 is 15.1 Å². The van der Waals surface area contributed by atoms with Crippen LogP contribution >= 0.6 is 0 Å². The van der Waals surface area contributed by atoms with Crippen LogP contribution in [0.3, 0.4) is 0 Å². The van der Waals surface area contributed by atoms with E-state index in [1.165, 1.54) is 5.69 Å². The number of benzene rings is 2. The molecule has 0 radical (unpaired) electrons. The van der Waals surface area contributed by atoms with Crippen molar-refractivity contribution < 1.29 is 9.59 Å². The first-order chi connectivity index (χ1) is 14.0. The van der Waals surface area contributed by atoms with Gasteiger partial charge in [-0.05, 0) is 50.5 Å². The highest BCUT2D eigenvalue weighted by Crippen LogP contribution is 2.30. The smallest absolute Gasteiger partial charge is 0.253 e. The third-order valence-corrected chi connectivity index (χ3v) is 5.71. The molecule has 29 heavy (non-hydrogen) atoms. The summed E-state index contributed by atoms with van der Waals surface area (Å²) in [4.78, 5) is 29.7. The zero-order valence-corrected chi connectivity index (χ0v) is 17.4. The molecular formula is C24H31N3O2. The number of nitrogens with one attached hydrogen (secondary N) is 1. The number of hydrogen-bond acceptors (Lipinski definition) is 3. The van der Waals surface area contributed by atoms with Crippen LogP contribution in [0.2, 0.25) is 0 Å². The number of anilines is 1. The number of carbonyl (C=O) groups is 2. The van der Waals surface area contributed by atoms with Crippen molar-refractivity contribution in [2.45, 2.75) is 26.2 Å². The predicted octanol–water partition coefficient (Wildman–Crippen LogP) is 3.57. The zero-order chi connectivity index (χ0) is 20.7. The van der Waals surface area contributed by atoms with Gasteiger partial charge in [0.2, 0.25) is 5.91 Å². The van der Waals surface area contributed by atoms with Crippen molar-refractivity contribution in [3.63, 3.8) is 0 Å². The van der Waals surface area contributed by atoms with Crippen LogP contribution in [0, 0.1) is 5.41 Å². The Morgan fingerprint density at radius 2 is 1.72 bits per heavy atom. The van der Waals surface area contributed by atoms with Crippen LogP contribution in [0.5, 0.6) is 0 Å². The first kappa shape index (κ1) is 20.9. The van der Waals surface area contributed by atoms with Crippen molar-refractivity contribution in [1.29, 1.82) is 0 Å². The van der Waals surface area contributed by atoms with Gasteiger partial charge in [0, 0.05) is 44.5 Å². The van der Waals surface area contributed by atoms with Gasteiger partial charge in [-0.3, -0.25) is 9.59 Å². The molecule has 0 saturated carbocycles. The zero-order valence-electron chi connectivity index (χ0n) is 17.4. The van der Waals surface area contributed by atoms with E-state index in [2.05, 4.69) is 29.4 Å².